The van der Waals surface area contributed by atoms with Gasteiger partial charge in [-0.2, -0.15) is 4.31 Å². The average Bonchev–Trinajstić information content (AvgIpc) is 2.29. The fourth-order valence-corrected chi connectivity index (χ4v) is 2.54. The van der Waals surface area contributed by atoms with Gasteiger partial charge in [0.1, 0.15) is 0 Å². The predicted molar refractivity (Wildman–Crippen MR) is 67.4 cm³/mol. The molecule has 0 heterocycles. The lowest BCUT2D eigenvalue weighted by Gasteiger charge is -2.16. The molecule has 1 aromatic carbocycles. The normalized spacial score (nSPS) is 13.0. The van der Waals surface area contributed by atoms with Gasteiger partial charge >= 0.3 is 0 Å². The van der Waals surface area contributed by atoms with Crippen LogP contribution in [-0.2, 0) is 10.0 Å². The Hall–Kier alpha value is -1.12. The van der Waals surface area contributed by atoms with Crippen LogP contribution in [0.3, 0.4) is 0 Å². The second-order valence-corrected chi connectivity index (χ2v) is 6.27. The molecule has 0 unspecified atom stereocenters. The maximum absolute atomic E-state index is 12.0. The van der Waals surface area contributed by atoms with Gasteiger partial charge in [-0.1, -0.05) is 21.1 Å². The van der Waals surface area contributed by atoms with Crippen LogP contribution in [0.4, 0.5) is 0 Å². The van der Waals surface area contributed by atoms with Crippen molar-refractivity contribution in [1.82, 2.24) is 4.31 Å². The highest BCUT2D eigenvalue weighted by molar-refractivity contribution is 9.10. The van der Waals surface area contributed by atoms with E-state index in [9.17, 15) is 8.42 Å². The number of nitrogens with zero attached hydrogens (tertiary/aromatic N) is 2. The van der Waals surface area contributed by atoms with Gasteiger partial charge in [0.25, 0.3) is 0 Å². The molecule has 94 valence electrons. The van der Waals surface area contributed by atoms with E-state index in [2.05, 4.69) is 21.1 Å². The molecule has 0 aliphatic carbocycles. The van der Waals surface area contributed by atoms with Gasteiger partial charge in [-0.25, -0.2) is 8.42 Å². The summed E-state index contributed by atoms with van der Waals surface area (Å²) >= 11 is 3.22. The summed E-state index contributed by atoms with van der Waals surface area (Å²) in [6.07, 6.45) is 0. The molecule has 0 aliphatic rings. The van der Waals surface area contributed by atoms with Crippen LogP contribution in [0.2, 0.25) is 0 Å². The number of nitrogens with two attached hydrogens (primary N) is 1. The molecule has 0 aliphatic heterocycles. The van der Waals surface area contributed by atoms with Crippen molar-refractivity contribution in [2.75, 3.05) is 13.6 Å². The van der Waals surface area contributed by atoms with Gasteiger partial charge in [0.2, 0.25) is 10.0 Å². The second-order valence-electron chi connectivity index (χ2n) is 3.31. The first kappa shape index (κ1) is 13.9. The van der Waals surface area contributed by atoms with E-state index in [-0.39, 0.29) is 17.3 Å². The lowest BCUT2D eigenvalue weighted by molar-refractivity contribution is 0.315. The van der Waals surface area contributed by atoms with Crippen LogP contribution >= 0.6 is 15.9 Å². The summed E-state index contributed by atoms with van der Waals surface area (Å²) < 4.78 is 25.8. The fourth-order valence-electron chi connectivity index (χ4n) is 1.13. The summed E-state index contributed by atoms with van der Waals surface area (Å²) in [6, 6.07) is 6.21. The number of amidine groups is 1. The van der Waals surface area contributed by atoms with Gasteiger partial charge in [0, 0.05) is 11.5 Å². The van der Waals surface area contributed by atoms with E-state index < -0.39 is 10.0 Å². The van der Waals surface area contributed by atoms with Gasteiger partial charge < -0.3 is 10.9 Å². The highest BCUT2D eigenvalue weighted by Crippen LogP contribution is 2.17. The molecule has 0 bridgehead atoms. The van der Waals surface area contributed by atoms with Crippen molar-refractivity contribution in [2.45, 2.75) is 4.90 Å². The van der Waals surface area contributed by atoms with Crippen molar-refractivity contribution in [3.8, 4) is 0 Å². The van der Waals surface area contributed by atoms with Crippen LogP contribution in [0.1, 0.15) is 0 Å². The summed E-state index contributed by atoms with van der Waals surface area (Å²) in [5.41, 5.74) is 5.26. The van der Waals surface area contributed by atoms with Crippen LogP contribution in [0, 0.1) is 0 Å². The minimum absolute atomic E-state index is 0.147. The molecular formula is C9H12BrN3O3S. The van der Waals surface area contributed by atoms with Crippen LogP contribution in [0.5, 0.6) is 0 Å². The zero-order valence-corrected chi connectivity index (χ0v) is 11.4. The Morgan fingerprint density at radius 2 is 2.00 bits per heavy atom. The molecule has 0 spiro atoms. The van der Waals surface area contributed by atoms with E-state index in [0.717, 1.165) is 8.78 Å². The quantitative estimate of drug-likeness (QED) is 0.371. The van der Waals surface area contributed by atoms with Gasteiger partial charge in [-0.3, -0.25) is 0 Å². The number of halogens is 1. The van der Waals surface area contributed by atoms with E-state index >= 15 is 0 Å². The Morgan fingerprint density at radius 3 is 2.47 bits per heavy atom. The fraction of sp³-hybridized carbons (Fsp3) is 0.222. The molecule has 1 rings (SSSR count). The zero-order valence-electron chi connectivity index (χ0n) is 9.04. The van der Waals surface area contributed by atoms with Crippen molar-refractivity contribution in [2.24, 2.45) is 10.9 Å². The molecule has 0 amide bonds. The Labute approximate surface area is 108 Å². The Kier molecular flexibility index (Phi) is 4.49. The SMILES string of the molecule is CN(C/C(N)=N/O)S(=O)(=O)c1ccc(Br)cc1. The highest BCUT2D eigenvalue weighted by Gasteiger charge is 2.21. The molecule has 17 heavy (non-hydrogen) atoms. The maximum Gasteiger partial charge on any atom is 0.243 e. The molecule has 0 atom stereocenters. The molecule has 0 saturated carbocycles. The minimum Gasteiger partial charge on any atom is -0.409 e. The third kappa shape index (κ3) is 3.42. The summed E-state index contributed by atoms with van der Waals surface area (Å²) in [4.78, 5) is 0.147. The molecule has 0 fully saturated rings. The Morgan fingerprint density at radius 1 is 1.47 bits per heavy atom. The summed E-state index contributed by atoms with van der Waals surface area (Å²) in [5, 5.41) is 11.1. The second kappa shape index (κ2) is 5.48. The third-order valence-electron chi connectivity index (χ3n) is 2.03. The number of hydrogen-bond acceptors (Lipinski definition) is 4. The van der Waals surface area contributed by atoms with Crippen molar-refractivity contribution in [1.29, 1.82) is 0 Å². The van der Waals surface area contributed by atoms with Crippen LogP contribution < -0.4 is 5.73 Å². The molecule has 3 N–H and O–H groups in total. The van der Waals surface area contributed by atoms with E-state index in [0.29, 0.717) is 0 Å². The van der Waals surface area contributed by atoms with E-state index in [4.69, 9.17) is 10.9 Å². The molecule has 0 aromatic heterocycles. The van der Waals surface area contributed by atoms with E-state index in [1.165, 1.54) is 19.2 Å². The van der Waals surface area contributed by atoms with Crippen LogP contribution in [0.25, 0.3) is 0 Å². The van der Waals surface area contributed by atoms with Crippen molar-refractivity contribution in [3.05, 3.63) is 28.7 Å². The molecule has 1 aromatic rings. The lowest BCUT2D eigenvalue weighted by atomic mass is 10.4. The first-order valence-corrected chi connectivity index (χ1v) is 6.79. The minimum atomic E-state index is -3.62. The van der Waals surface area contributed by atoms with Gasteiger partial charge in [-0.05, 0) is 24.3 Å². The zero-order chi connectivity index (χ0) is 13.1. The number of benzene rings is 1. The third-order valence-corrected chi connectivity index (χ3v) is 4.38. The number of likely N-dealkylation sites (N-methyl/N-ethyl adjacent to an activating group) is 1. The van der Waals surface area contributed by atoms with E-state index in [1.54, 1.807) is 12.1 Å². The number of hydrogen-bond donors (Lipinski definition) is 2. The van der Waals surface area contributed by atoms with Crippen LogP contribution in [0.15, 0.2) is 38.8 Å². The maximum atomic E-state index is 12.0. The first-order valence-electron chi connectivity index (χ1n) is 4.56. The topological polar surface area (TPSA) is 96.0 Å². The molecular weight excluding hydrogens is 310 g/mol. The number of sulfonamides is 1. The van der Waals surface area contributed by atoms with Crippen LogP contribution in [-0.4, -0.2) is 37.4 Å². The smallest absolute Gasteiger partial charge is 0.243 e. The highest BCUT2D eigenvalue weighted by atomic mass is 79.9. The van der Waals surface area contributed by atoms with Gasteiger partial charge in [0.15, 0.2) is 5.84 Å². The average molecular weight is 322 g/mol. The van der Waals surface area contributed by atoms with Gasteiger partial charge in [-0.15, -0.1) is 0 Å². The predicted octanol–water partition coefficient (Wildman–Crippen LogP) is 0.816. The van der Waals surface area contributed by atoms with E-state index in [1.807, 2.05) is 0 Å². The van der Waals surface area contributed by atoms with Gasteiger partial charge in [0.05, 0.1) is 11.4 Å². The number of rotatable bonds is 4. The molecule has 6 nitrogen and oxygen atoms in total. The molecule has 0 radical (unpaired) electrons. The van der Waals surface area contributed by atoms with Crippen molar-refractivity contribution < 1.29 is 13.6 Å². The van der Waals surface area contributed by atoms with Crippen molar-refractivity contribution >= 4 is 31.8 Å². The molecule has 8 heteroatoms. The summed E-state index contributed by atoms with van der Waals surface area (Å²) in [7, 11) is -2.26. The van der Waals surface area contributed by atoms with Crippen molar-refractivity contribution in [3.63, 3.8) is 0 Å². The summed E-state index contributed by atoms with van der Waals surface area (Å²) in [5.74, 6) is -0.173. The lowest BCUT2D eigenvalue weighted by Crippen LogP contribution is -2.35. The Balaban J connectivity index is 2.99. The summed E-state index contributed by atoms with van der Waals surface area (Å²) in [6.45, 7) is -0.172. The monoisotopic (exact) mass is 321 g/mol. The first-order chi connectivity index (χ1) is 7.87. The number of oxime groups is 1. The largest absolute Gasteiger partial charge is 0.409 e. The Bertz CT molecular complexity index is 513. The molecule has 0 saturated heterocycles. The standard InChI is InChI=1S/C9H12BrN3O3S/c1-13(6-9(11)12-14)17(15,16)8-4-2-7(10)3-5-8/h2-5,14H,6H2,1H3,(H2,11,12).